The van der Waals surface area contributed by atoms with Crippen LogP contribution in [0.1, 0.15) is 52.4 Å². The summed E-state index contributed by atoms with van der Waals surface area (Å²) in [5.74, 6) is 2.13. The third-order valence-electron chi connectivity index (χ3n) is 3.99. The summed E-state index contributed by atoms with van der Waals surface area (Å²) in [5.41, 5.74) is 0. The Labute approximate surface area is 100 Å². The predicted octanol–water partition coefficient (Wildman–Crippen LogP) is 2.97. The van der Waals surface area contributed by atoms with Gasteiger partial charge >= 0.3 is 0 Å². The van der Waals surface area contributed by atoms with E-state index in [0.717, 1.165) is 31.0 Å². The molecule has 2 aliphatic rings. The van der Waals surface area contributed by atoms with Crippen molar-refractivity contribution in [2.45, 2.75) is 64.5 Å². The molecule has 2 atom stereocenters. The van der Waals surface area contributed by atoms with Crippen molar-refractivity contribution in [1.82, 2.24) is 5.32 Å². The fraction of sp³-hybridized carbons (Fsp3) is 1.00. The summed E-state index contributed by atoms with van der Waals surface area (Å²) in [6, 6.07) is 0.773. The van der Waals surface area contributed by atoms with E-state index >= 15 is 0 Å². The standard InChI is InChI=1S/C14H27NO/c1-11(2)16-9-8-15-14-5-3-4-13(10-14)12-6-7-12/h11-15H,3-10H2,1-2H3. The fourth-order valence-corrected chi connectivity index (χ4v) is 2.97. The van der Waals surface area contributed by atoms with Gasteiger partial charge in [-0.1, -0.05) is 12.8 Å². The van der Waals surface area contributed by atoms with Gasteiger partial charge in [0.05, 0.1) is 12.7 Å². The second-order valence-corrected chi connectivity index (χ2v) is 5.83. The van der Waals surface area contributed by atoms with E-state index in [9.17, 15) is 0 Å². The molecule has 0 aromatic carbocycles. The molecule has 2 aliphatic carbocycles. The van der Waals surface area contributed by atoms with Crippen molar-refractivity contribution in [1.29, 1.82) is 0 Å². The van der Waals surface area contributed by atoms with Crippen LogP contribution in [-0.4, -0.2) is 25.3 Å². The molecular formula is C14H27NO. The highest BCUT2D eigenvalue weighted by molar-refractivity contribution is 4.87. The van der Waals surface area contributed by atoms with E-state index in [2.05, 4.69) is 19.2 Å². The van der Waals surface area contributed by atoms with Gasteiger partial charge in [-0.25, -0.2) is 0 Å². The Balaban J connectivity index is 1.57. The summed E-state index contributed by atoms with van der Waals surface area (Å²) in [4.78, 5) is 0. The molecule has 16 heavy (non-hydrogen) atoms. The highest BCUT2D eigenvalue weighted by atomic mass is 16.5. The molecule has 0 radical (unpaired) electrons. The average molecular weight is 225 g/mol. The average Bonchev–Trinajstić information content (AvgIpc) is 3.08. The van der Waals surface area contributed by atoms with Gasteiger partial charge in [0.15, 0.2) is 0 Å². The molecule has 0 heterocycles. The smallest absolute Gasteiger partial charge is 0.0594 e. The van der Waals surface area contributed by atoms with E-state index in [1.807, 2.05) is 0 Å². The minimum atomic E-state index is 0.368. The van der Waals surface area contributed by atoms with Crippen LogP contribution in [0.15, 0.2) is 0 Å². The molecule has 2 nitrogen and oxygen atoms in total. The lowest BCUT2D eigenvalue weighted by Gasteiger charge is -2.30. The Morgan fingerprint density at radius 2 is 1.94 bits per heavy atom. The van der Waals surface area contributed by atoms with Gasteiger partial charge in [-0.3, -0.25) is 0 Å². The lowest BCUT2D eigenvalue weighted by molar-refractivity contribution is 0.0775. The first kappa shape index (κ1) is 12.4. The highest BCUT2D eigenvalue weighted by Crippen LogP contribution is 2.43. The van der Waals surface area contributed by atoms with Crippen molar-refractivity contribution in [2.75, 3.05) is 13.2 Å². The van der Waals surface area contributed by atoms with Gasteiger partial charge < -0.3 is 10.1 Å². The number of hydrogen-bond acceptors (Lipinski definition) is 2. The first-order valence-corrected chi connectivity index (χ1v) is 7.10. The maximum absolute atomic E-state index is 5.56. The molecule has 2 unspecified atom stereocenters. The van der Waals surface area contributed by atoms with Gasteiger partial charge in [0, 0.05) is 12.6 Å². The number of nitrogens with one attached hydrogen (secondary N) is 1. The molecule has 2 fully saturated rings. The Morgan fingerprint density at radius 1 is 1.12 bits per heavy atom. The van der Waals surface area contributed by atoms with Crippen molar-refractivity contribution in [3.63, 3.8) is 0 Å². The Morgan fingerprint density at radius 3 is 2.62 bits per heavy atom. The van der Waals surface area contributed by atoms with Gasteiger partial charge in [0.25, 0.3) is 0 Å². The molecule has 0 spiro atoms. The van der Waals surface area contributed by atoms with Crippen molar-refractivity contribution in [3.05, 3.63) is 0 Å². The lowest BCUT2D eigenvalue weighted by Crippen LogP contribution is -2.36. The van der Waals surface area contributed by atoms with E-state index < -0.39 is 0 Å². The van der Waals surface area contributed by atoms with Crippen LogP contribution in [0.5, 0.6) is 0 Å². The maximum atomic E-state index is 5.56. The van der Waals surface area contributed by atoms with E-state index in [1.165, 1.54) is 38.5 Å². The minimum Gasteiger partial charge on any atom is -0.377 e. The topological polar surface area (TPSA) is 21.3 Å². The molecule has 2 heteroatoms. The Kier molecular flexibility index (Phi) is 4.66. The number of ether oxygens (including phenoxy) is 1. The summed E-state index contributed by atoms with van der Waals surface area (Å²) in [5, 5.41) is 3.66. The van der Waals surface area contributed by atoms with Gasteiger partial charge in [0.2, 0.25) is 0 Å². The molecule has 0 saturated heterocycles. The van der Waals surface area contributed by atoms with E-state index in [-0.39, 0.29) is 0 Å². The highest BCUT2D eigenvalue weighted by Gasteiger charge is 2.34. The third-order valence-corrected chi connectivity index (χ3v) is 3.99. The second-order valence-electron chi connectivity index (χ2n) is 5.83. The second kappa shape index (κ2) is 6.02. The van der Waals surface area contributed by atoms with E-state index in [0.29, 0.717) is 6.10 Å². The van der Waals surface area contributed by atoms with Gasteiger partial charge in [0.1, 0.15) is 0 Å². The van der Waals surface area contributed by atoms with Crippen LogP contribution in [0.2, 0.25) is 0 Å². The summed E-state index contributed by atoms with van der Waals surface area (Å²) in [7, 11) is 0. The molecular weight excluding hydrogens is 198 g/mol. The predicted molar refractivity (Wildman–Crippen MR) is 67.6 cm³/mol. The minimum absolute atomic E-state index is 0.368. The van der Waals surface area contributed by atoms with E-state index in [1.54, 1.807) is 0 Å². The molecule has 0 aromatic rings. The summed E-state index contributed by atoms with van der Waals surface area (Å²) >= 11 is 0. The van der Waals surface area contributed by atoms with Crippen LogP contribution in [0.4, 0.5) is 0 Å². The van der Waals surface area contributed by atoms with Gasteiger partial charge in [-0.15, -0.1) is 0 Å². The molecule has 2 rings (SSSR count). The zero-order valence-corrected chi connectivity index (χ0v) is 10.9. The third kappa shape index (κ3) is 4.06. The molecule has 94 valence electrons. The lowest BCUT2D eigenvalue weighted by atomic mass is 9.83. The van der Waals surface area contributed by atoms with Crippen molar-refractivity contribution in [3.8, 4) is 0 Å². The largest absolute Gasteiger partial charge is 0.377 e. The molecule has 0 amide bonds. The molecule has 1 N–H and O–H groups in total. The summed E-state index contributed by atoms with van der Waals surface area (Å²) < 4.78 is 5.56. The van der Waals surface area contributed by atoms with Crippen LogP contribution in [-0.2, 0) is 4.74 Å². The van der Waals surface area contributed by atoms with Crippen molar-refractivity contribution < 1.29 is 4.74 Å². The summed E-state index contributed by atoms with van der Waals surface area (Å²) in [6.45, 7) is 6.09. The normalized spacial score (nSPS) is 30.9. The van der Waals surface area contributed by atoms with Crippen LogP contribution >= 0.6 is 0 Å². The van der Waals surface area contributed by atoms with Crippen molar-refractivity contribution >= 4 is 0 Å². The van der Waals surface area contributed by atoms with Crippen molar-refractivity contribution in [2.24, 2.45) is 11.8 Å². The zero-order chi connectivity index (χ0) is 11.4. The number of hydrogen-bond donors (Lipinski definition) is 1. The van der Waals surface area contributed by atoms with E-state index in [4.69, 9.17) is 4.74 Å². The van der Waals surface area contributed by atoms with Gasteiger partial charge in [-0.05, 0) is 51.4 Å². The SMILES string of the molecule is CC(C)OCCNC1CCCC(C2CC2)C1. The Bertz CT molecular complexity index is 201. The van der Waals surface area contributed by atoms with Crippen LogP contribution in [0, 0.1) is 11.8 Å². The fourth-order valence-electron chi connectivity index (χ4n) is 2.97. The number of rotatable bonds is 6. The first-order valence-electron chi connectivity index (χ1n) is 7.10. The van der Waals surface area contributed by atoms with Crippen LogP contribution in [0.25, 0.3) is 0 Å². The zero-order valence-electron chi connectivity index (χ0n) is 10.9. The van der Waals surface area contributed by atoms with Gasteiger partial charge in [-0.2, -0.15) is 0 Å². The molecule has 0 aromatic heterocycles. The monoisotopic (exact) mass is 225 g/mol. The van der Waals surface area contributed by atoms with Crippen LogP contribution in [0.3, 0.4) is 0 Å². The molecule has 2 saturated carbocycles. The first-order chi connectivity index (χ1) is 7.75. The Hall–Kier alpha value is -0.0800. The summed E-state index contributed by atoms with van der Waals surface area (Å²) in [6.07, 6.45) is 9.11. The molecule has 0 bridgehead atoms. The van der Waals surface area contributed by atoms with Crippen LogP contribution < -0.4 is 5.32 Å². The molecule has 0 aliphatic heterocycles. The quantitative estimate of drug-likeness (QED) is 0.702. The maximum Gasteiger partial charge on any atom is 0.0594 e.